The van der Waals surface area contributed by atoms with E-state index in [2.05, 4.69) is 83.1 Å². The Kier molecular flexibility index (Phi) is 4.75. The Morgan fingerprint density at radius 1 is 1.10 bits per heavy atom. The van der Waals surface area contributed by atoms with Crippen molar-refractivity contribution in [1.29, 1.82) is 0 Å². The fraction of sp³-hybridized carbons (Fsp3) is 0.346. The van der Waals surface area contributed by atoms with Gasteiger partial charge in [0.1, 0.15) is 0 Å². The second-order valence-corrected chi connectivity index (χ2v) is 8.81. The largest absolute Gasteiger partial charge is 0.366 e. The molecule has 4 heteroatoms. The van der Waals surface area contributed by atoms with Crippen molar-refractivity contribution >= 4 is 22.4 Å². The van der Waals surface area contributed by atoms with Crippen molar-refractivity contribution in [3.05, 3.63) is 77.4 Å². The highest BCUT2D eigenvalue weighted by molar-refractivity contribution is 5.98. The number of nitrogens with zero attached hydrogens (tertiary/aromatic N) is 1. The Morgan fingerprint density at radius 3 is 2.70 bits per heavy atom. The standard InChI is InChI=1S/C26H29N3O/c1-18-10-11-21(29-15-14-27-17-19(29)2)16-23(18)25(30)28-26(12-13-26)24-9-5-7-20-6-3-4-8-22(20)24/h3-11,16,19,27H,12-15,17H2,1-2H3,(H,28,30). The maximum absolute atomic E-state index is 13.4. The number of fused-ring (bicyclic) bond motifs is 1. The van der Waals surface area contributed by atoms with Gasteiger partial charge in [0.15, 0.2) is 0 Å². The lowest BCUT2D eigenvalue weighted by molar-refractivity contribution is 0.0930. The fourth-order valence-electron chi connectivity index (χ4n) is 4.77. The number of carbonyl (C=O) groups is 1. The molecule has 1 heterocycles. The van der Waals surface area contributed by atoms with E-state index in [1.807, 2.05) is 6.92 Å². The second-order valence-electron chi connectivity index (χ2n) is 8.81. The highest BCUT2D eigenvalue weighted by atomic mass is 16.1. The van der Waals surface area contributed by atoms with Crippen molar-refractivity contribution < 1.29 is 4.79 Å². The zero-order chi connectivity index (χ0) is 20.7. The van der Waals surface area contributed by atoms with Crippen LogP contribution in [-0.2, 0) is 5.54 Å². The number of hydrogen-bond acceptors (Lipinski definition) is 3. The lowest BCUT2D eigenvalue weighted by Gasteiger charge is -2.36. The van der Waals surface area contributed by atoms with Crippen LogP contribution in [0.3, 0.4) is 0 Å². The minimum atomic E-state index is -0.247. The number of rotatable bonds is 4. The van der Waals surface area contributed by atoms with E-state index >= 15 is 0 Å². The number of piperazine rings is 1. The Hall–Kier alpha value is -2.85. The normalized spacial score (nSPS) is 20.2. The van der Waals surface area contributed by atoms with Crippen molar-refractivity contribution in [2.45, 2.75) is 38.3 Å². The van der Waals surface area contributed by atoms with E-state index in [0.29, 0.717) is 6.04 Å². The van der Waals surface area contributed by atoms with Crippen LogP contribution in [0.2, 0.25) is 0 Å². The van der Waals surface area contributed by atoms with Gasteiger partial charge in [0.05, 0.1) is 5.54 Å². The van der Waals surface area contributed by atoms with Crippen molar-refractivity contribution in [3.63, 3.8) is 0 Å². The van der Waals surface area contributed by atoms with E-state index in [1.165, 1.54) is 16.3 Å². The first-order valence-corrected chi connectivity index (χ1v) is 11.0. The molecule has 1 saturated carbocycles. The van der Waals surface area contributed by atoms with Crippen molar-refractivity contribution in [3.8, 4) is 0 Å². The Labute approximate surface area is 178 Å². The molecule has 1 aliphatic carbocycles. The molecule has 2 N–H and O–H groups in total. The molecule has 0 bridgehead atoms. The third kappa shape index (κ3) is 3.35. The smallest absolute Gasteiger partial charge is 0.252 e. The molecular formula is C26H29N3O. The summed E-state index contributed by atoms with van der Waals surface area (Å²) in [5.41, 5.74) is 3.92. The molecule has 0 aromatic heterocycles. The van der Waals surface area contributed by atoms with Gasteiger partial charge < -0.3 is 15.5 Å². The third-order valence-electron chi connectivity index (χ3n) is 6.71. The summed E-state index contributed by atoms with van der Waals surface area (Å²) in [5.74, 6) is 0.0302. The van der Waals surface area contributed by atoms with Gasteiger partial charge in [-0.05, 0) is 60.7 Å². The van der Waals surface area contributed by atoms with Gasteiger partial charge in [0.25, 0.3) is 5.91 Å². The number of hydrogen-bond donors (Lipinski definition) is 2. The Bertz CT molecular complexity index is 1100. The minimum absolute atomic E-state index is 0.0302. The maximum atomic E-state index is 13.4. The van der Waals surface area contributed by atoms with Gasteiger partial charge in [0, 0.05) is 36.9 Å². The topological polar surface area (TPSA) is 44.4 Å². The molecule has 1 saturated heterocycles. The summed E-state index contributed by atoms with van der Waals surface area (Å²) in [6, 6.07) is 21.6. The van der Waals surface area contributed by atoms with E-state index in [0.717, 1.165) is 49.3 Å². The molecule has 0 spiro atoms. The van der Waals surface area contributed by atoms with Gasteiger partial charge in [-0.15, -0.1) is 0 Å². The minimum Gasteiger partial charge on any atom is -0.366 e. The summed E-state index contributed by atoms with van der Waals surface area (Å²) in [6.45, 7) is 7.16. The quantitative estimate of drug-likeness (QED) is 0.685. The number of aryl methyl sites for hydroxylation is 1. The molecule has 5 rings (SSSR count). The molecule has 2 fully saturated rings. The van der Waals surface area contributed by atoms with E-state index < -0.39 is 0 Å². The summed E-state index contributed by atoms with van der Waals surface area (Å²) in [7, 11) is 0. The van der Waals surface area contributed by atoms with Gasteiger partial charge in [0.2, 0.25) is 0 Å². The van der Waals surface area contributed by atoms with E-state index in [9.17, 15) is 4.79 Å². The van der Waals surface area contributed by atoms with Crippen LogP contribution in [0.15, 0.2) is 60.7 Å². The van der Waals surface area contributed by atoms with Crippen LogP contribution >= 0.6 is 0 Å². The van der Waals surface area contributed by atoms with Crippen molar-refractivity contribution in [2.75, 3.05) is 24.5 Å². The van der Waals surface area contributed by atoms with Gasteiger partial charge in [-0.3, -0.25) is 4.79 Å². The average Bonchev–Trinajstić information content (AvgIpc) is 3.54. The highest BCUT2D eigenvalue weighted by Gasteiger charge is 2.46. The zero-order valence-electron chi connectivity index (χ0n) is 17.7. The molecule has 3 aromatic carbocycles. The van der Waals surface area contributed by atoms with Crippen LogP contribution in [0.1, 0.15) is 41.3 Å². The van der Waals surface area contributed by atoms with Gasteiger partial charge in [-0.1, -0.05) is 48.5 Å². The van der Waals surface area contributed by atoms with Crippen LogP contribution in [-0.4, -0.2) is 31.6 Å². The molecule has 4 nitrogen and oxygen atoms in total. The predicted molar refractivity (Wildman–Crippen MR) is 123 cm³/mol. The first-order valence-electron chi connectivity index (χ1n) is 11.0. The average molecular weight is 400 g/mol. The monoisotopic (exact) mass is 399 g/mol. The fourth-order valence-corrected chi connectivity index (χ4v) is 4.77. The molecule has 1 unspecified atom stereocenters. The molecule has 1 aliphatic heterocycles. The van der Waals surface area contributed by atoms with Crippen LogP contribution in [0, 0.1) is 6.92 Å². The van der Waals surface area contributed by atoms with Gasteiger partial charge >= 0.3 is 0 Å². The lowest BCUT2D eigenvalue weighted by atomic mass is 9.96. The lowest BCUT2D eigenvalue weighted by Crippen LogP contribution is -2.50. The van der Waals surface area contributed by atoms with Crippen LogP contribution in [0.5, 0.6) is 0 Å². The molecular weight excluding hydrogens is 370 g/mol. The van der Waals surface area contributed by atoms with Crippen LogP contribution < -0.4 is 15.5 Å². The zero-order valence-corrected chi connectivity index (χ0v) is 17.7. The highest BCUT2D eigenvalue weighted by Crippen LogP contribution is 2.48. The van der Waals surface area contributed by atoms with E-state index in [1.54, 1.807) is 0 Å². The molecule has 0 radical (unpaired) electrons. The summed E-state index contributed by atoms with van der Waals surface area (Å²) in [6.07, 6.45) is 1.97. The first-order chi connectivity index (χ1) is 14.6. The Balaban J connectivity index is 1.45. The first kappa shape index (κ1) is 19.1. The van der Waals surface area contributed by atoms with Crippen molar-refractivity contribution in [2.24, 2.45) is 0 Å². The Morgan fingerprint density at radius 2 is 1.90 bits per heavy atom. The number of benzene rings is 3. The number of anilines is 1. The number of amides is 1. The SMILES string of the molecule is Cc1ccc(N2CCNCC2C)cc1C(=O)NC1(c2cccc3ccccc23)CC1. The van der Waals surface area contributed by atoms with Crippen molar-refractivity contribution in [1.82, 2.24) is 10.6 Å². The van der Waals surface area contributed by atoms with Gasteiger partial charge in [-0.2, -0.15) is 0 Å². The molecule has 1 atom stereocenters. The molecule has 30 heavy (non-hydrogen) atoms. The number of nitrogens with one attached hydrogen (secondary N) is 2. The summed E-state index contributed by atoms with van der Waals surface area (Å²) in [5, 5.41) is 9.30. The number of carbonyl (C=O) groups excluding carboxylic acids is 1. The predicted octanol–water partition coefficient (Wildman–Crippen LogP) is 4.37. The van der Waals surface area contributed by atoms with E-state index in [-0.39, 0.29) is 11.4 Å². The molecule has 154 valence electrons. The van der Waals surface area contributed by atoms with Gasteiger partial charge in [-0.25, -0.2) is 0 Å². The summed E-state index contributed by atoms with van der Waals surface area (Å²) >= 11 is 0. The van der Waals surface area contributed by atoms with Crippen LogP contribution in [0.4, 0.5) is 5.69 Å². The molecule has 1 amide bonds. The van der Waals surface area contributed by atoms with Crippen LogP contribution in [0.25, 0.3) is 10.8 Å². The maximum Gasteiger partial charge on any atom is 0.252 e. The third-order valence-corrected chi connectivity index (χ3v) is 6.71. The molecule has 2 aliphatic rings. The molecule has 3 aromatic rings. The summed E-state index contributed by atoms with van der Waals surface area (Å²) in [4.78, 5) is 15.8. The summed E-state index contributed by atoms with van der Waals surface area (Å²) < 4.78 is 0. The van der Waals surface area contributed by atoms with E-state index in [4.69, 9.17) is 0 Å². The second kappa shape index (κ2) is 7.44.